The molecule has 2 aliphatic heterocycles. The molecule has 3 rings (SSSR count). The highest BCUT2D eigenvalue weighted by molar-refractivity contribution is 5.84. The number of benzene rings is 1. The summed E-state index contributed by atoms with van der Waals surface area (Å²) in [6, 6.07) is 8.63. The number of hydrogen-bond donors (Lipinski definition) is 1. The van der Waals surface area contributed by atoms with Crippen molar-refractivity contribution in [2.45, 2.75) is 58.9 Å². The van der Waals surface area contributed by atoms with E-state index in [1.807, 2.05) is 11.8 Å². The topological polar surface area (TPSA) is 52.7 Å². The summed E-state index contributed by atoms with van der Waals surface area (Å²) in [5.74, 6) is 0.620. The molecule has 2 atom stereocenters. The maximum absolute atomic E-state index is 12.7. The third kappa shape index (κ3) is 4.86. The van der Waals surface area contributed by atoms with E-state index >= 15 is 0 Å². The third-order valence-corrected chi connectivity index (χ3v) is 6.07. The van der Waals surface area contributed by atoms with E-state index in [-0.39, 0.29) is 23.8 Å². The lowest BCUT2D eigenvalue weighted by Gasteiger charge is -2.39. The predicted molar refractivity (Wildman–Crippen MR) is 113 cm³/mol. The Morgan fingerprint density at radius 1 is 1.25 bits per heavy atom. The molecule has 1 aromatic carbocycles. The van der Waals surface area contributed by atoms with Crippen molar-refractivity contribution in [2.75, 3.05) is 31.1 Å². The van der Waals surface area contributed by atoms with Gasteiger partial charge >= 0.3 is 0 Å². The fourth-order valence-corrected chi connectivity index (χ4v) is 4.58. The van der Waals surface area contributed by atoms with E-state index in [1.165, 1.54) is 17.7 Å². The largest absolute Gasteiger partial charge is 0.371 e. The van der Waals surface area contributed by atoms with Crippen LogP contribution in [0.15, 0.2) is 24.3 Å². The SMILES string of the molecule is CC(C)CN1C(=O)CC[C@@H](C(=O)NCCCN2CCCc3ccccc32)[C@H]1C. The van der Waals surface area contributed by atoms with E-state index in [0.717, 1.165) is 32.5 Å². The first kappa shape index (κ1) is 20.7. The molecule has 1 saturated heterocycles. The Labute approximate surface area is 169 Å². The molecular weight excluding hydrogens is 350 g/mol. The van der Waals surface area contributed by atoms with Gasteiger partial charge in [0.15, 0.2) is 0 Å². The highest BCUT2D eigenvalue weighted by atomic mass is 16.2. The monoisotopic (exact) mass is 385 g/mol. The molecule has 1 aromatic rings. The fraction of sp³-hybridized carbons (Fsp3) is 0.652. The lowest BCUT2D eigenvalue weighted by molar-refractivity contribution is -0.142. The van der Waals surface area contributed by atoms with Crippen LogP contribution < -0.4 is 10.2 Å². The van der Waals surface area contributed by atoms with E-state index in [9.17, 15) is 9.59 Å². The first-order valence-corrected chi connectivity index (χ1v) is 10.9. The van der Waals surface area contributed by atoms with Gasteiger partial charge in [-0.1, -0.05) is 32.0 Å². The zero-order valence-corrected chi connectivity index (χ0v) is 17.6. The van der Waals surface area contributed by atoms with Crippen molar-refractivity contribution in [3.05, 3.63) is 29.8 Å². The standard InChI is InChI=1S/C23H35N3O2/c1-17(2)16-26-18(3)20(11-12-22(26)27)23(28)24-13-7-15-25-14-6-9-19-8-4-5-10-21(19)25/h4-5,8,10,17-18,20H,6-7,9,11-16H2,1-3H3,(H,24,28)/t18-,20-/m1/s1. The minimum Gasteiger partial charge on any atom is -0.371 e. The molecule has 0 aromatic heterocycles. The number of carbonyl (C=O) groups excluding carboxylic acids is 2. The molecular formula is C23H35N3O2. The van der Waals surface area contributed by atoms with Gasteiger partial charge in [-0.2, -0.15) is 0 Å². The van der Waals surface area contributed by atoms with Crippen LogP contribution in [-0.2, 0) is 16.0 Å². The van der Waals surface area contributed by atoms with E-state index < -0.39 is 0 Å². The van der Waals surface area contributed by atoms with E-state index in [0.29, 0.717) is 25.3 Å². The number of piperidine rings is 1. The van der Waals surface area contributed by atoms with Crippen LogP contribution >= 0.6 is 0 Å². The van der Waals surface area contributed by atoms with Gasteiger partial charge in [0.1, 0.15) is 0 Å². The Kier molecular flexibility index (Phi) is 6.97. The first-order chi connectivity index (χ1) is 13.5. The summed E-state index contributed by atoms with van der Waals surface area (Å²) in [5.41, 5.74) is 2.78. The lowest BCUT2D eigenvalue weighted by atomic mass is 9.88. The number of amides is 2. The summed E-state index contributed by atoms with van der Waals surface area (Å²) in [6.45, 7) is 9.74. The summed E-state index contributed by atoms with van der Waals surface area (Å²) in [7, 11) is 0. The number of aryl methyl sites for hydroxylation is 1. The molecule has 2 heterocycles. The van der Waals surface area contributed by atoms with Crippen LogP contribution in [0.2, 0.25) is 0 Å². The van der Waals surface area contributed by atoms with Crippen molar-refractivity contribution >= 4 is 17.5 Å². The van der Waals surface area contributed by atoms with Gasteiger partial charge in [0.25, 0.3) is 0 Å². The van der Waals surface area contributed by atoms with Crippen LogP contribution in [0.4, 0.5) is 5.69 Å². The summed E-state index contributed by atoms with van der Waals surface area (Å²) in [5, 5.41) is 3.13. The number of rotatable bonds is 7. The number of nitrogens with zero attached hydrogens (tertiary/aromatic N) is 2. The number of carbonyl (C=O) groups is 2. The molecule has 5 heteroatoms. The molecule has 5 nitrogen and oxygen atoms in total. The van der Waals surface area contributed by atoms with E-state index in [4.69, 9.17) is 0 Å². The Morgan fingerprint density at radius 2 is 2.04 bits per heavy atom. The third-order valence-electron chi connectivity index (χ3n) is 6.07. The number of hydrogen-bond acceptors (Lipinski definition) is 3. The number of para-hydroxylation sites is 1. The van der Waals surface area contributed by atoms with Gasteiger partial charge < -0.3 is 15.1 Å². The normalized spacial score (nSPS) is 22.4. The Bertz CT molecular complexity index is 688. The predicted octanol–water partition coefficient (Wildman–Crippen LogP) is 3.23. The smallest absolute Gasteiger partial charge is 0.225 e. The number of anilines is 1. The second-order valence-electron chi connectivity index (χ2n) is 8.69. The van der Waals surface area contributed by atoms with Crippen molar-refractivity contribution < 1.29 is 9.59 Å². The van der Waals surface area contributed by atoms with Gasteiger partial charge in [0, 0.05) is 44.3 Å². The molecule has 2 aliphatic rings. The molecule has 0 spiro atoms. The van der Waals surface area contributed by atoms with Crippen molar-refractivity contribution in [3.8, 4) is 0 Å². The molecule has 28 heavy (non-hydrogen) atoms. The number of nitrogens with one attached hydrogen (secondary N) is 1. The molecule has 1 N–H and O–H groups in total. The van der Waals surface area contributed by atoms with Gasteiger partial charge in [0.2, 0.25) is 11.8 Å². The zero-order valence-electron chi connectivity index (χ0n) is 17.6. The molecule has 0 aliphatic carbocycles. The molecule has 154 valence electrons. The average Bonchev–Trinajstić information content (AvgIpc) is 2.68. The summed E-state index contributed by atoms with van der Waals surface area (Å²) >= 11 is 0. The highest BCUT2D eigenvalue weighted by Crippen LogP contribution is 2.27. The second-order valence-corrected chi connectivity index (χ2v) is 8.69. The van der Waals surface area contributed by atoms with Crippen molar-refractivity contribution in [1.82, 2.24) is 10.2 Å². The second kappa shape index (κ2) is 9.44. The van der Waals surface area contributed by atoms with Crippen LogP contribution in [0.3, 0.4) is 0 Å². The van der Waals surface area contributed by atoms with Gasteiger partial charge in [-0.05, 0) is 50.2 Å². The molecule has 0 unspecified atom stereocenters. The minimum atomic E-state index is -0.0906. The zero-order chi connectivity index (χ0) is 20.1. The van der Waals surface area contributed by atoms with Crippen molar-refractivity contribution in [2.24, 2.45) is 11.8 Å². The van der Waals surface area contributed by atoms with E-state index in [1.54, 1.807) is 0 Å². The van der Waals surface area contributed by atoms with Gasteiger partial charge in [0.05, 0.1) is 5.92 Å². The minimum absolute atomic E-state index is 0.0161. The van der Waals surface area contributed by atoms with Crippen molar-refractivity contribution in [3.63, 3.8) is 0 Å². The summed E-state index contributed by atoms with van der Waals surface area (Å²) in [4.78, 5) is 29.3. The Balaban J connectivity index is 1.46. The molecule has 0 saturated carbocycles. The highest BCUT2D eigenvalue weighted by Gasteiger charge is 2.36. The summed E-state index contributed by atoms with van der Waals surface area (Å²) < 4.78 is 0. The Hall–Kier alpha value is -2.04. The Morgan fingerprint density at radius 3 is 2.82 bits per heavy atom. The quantitative estimate of drug-likeness (QED) is 0.733. The van der Waals surface area contributed by atoms with Gasteiger partial charge in [-0.25, -0.2) is 0 Å². The number of fused-ring (bicyclic) bond motifs is 1. The lowest BCUT2D eigenvalue weighted by Crippen LogP contribution is -2.52. The van der Waals surface area contributed by atoms with Gasteiger partial charge in [-0.15, -0.1) is 0 Å². The van der Waals surface area contributed by atoms with Crippen molar-refractivity contribution in [1.29, 1.82) is 0 Å². The molecule has 2 amide bonds. The fourth-order valence-electron chi connectivity index (χ4n) is 4.58. The van der Waals surface area contributed by atoms with Gasteiger partial charge in [-0.3, -0.25) is 9.59 Å². The van der Waals surface area contributed by atoms with Crippen LogP contribution in [0.5, 0.6) is 0 Å². The summed E-state index contributed by atoms with van der Waals surface area (Å²) in [6.07, 6.45) is 4.45. The maximum atomic E-state index is 12.7. The maximum Gasteiger partial charge on any atom is 0.225 e. The van der Waals surface area contributed by atoms with Crippen LogP contribution in [0.1, 0.15) is 52.0 Å². The number of likely N-dealkylation sites (tertiary alicyclic amines) is 1. The average molecular weight is 386 g/mol. The molecule has 0 radical (unpaired) electrons. The first-order valence-electron chi connectivity index (χ1n) is 10.9. The van der Waals surface area contributed by atoms with Crippen LogP contribution in [0.25, 0.3) is 0 Å². The van der Waals surface area contributed by atoms with Crippen LogP contribution in [-0.4, -0.2) is 48.9 Å². The van der Waals surface area contributed by atoms with Crippen LogP contribution in [0, 0.1) is 11.8 Å². The molecule has 1 fully saturated rings. The molecule has 0 bridgehead atoms. The van der Waals surface area contributed by atoms with E-state index in [2.05, 4.69) is 48.3 Å².